The molecule has 0 aliphatic carbocycles. The first-order chi connectivity index (χ1) is 9.65. The SMILES string of the molecule is O=[N+]([O-])c1cccc(-c2cnc3c(O)cccc3n2)c1. The number of fused-ring (bicyclic) bond motifs is 1. The van der Waals surface area contributed by atoms with Gasteiger partial charge in [0.05, 0.1) is 22.3 Å². The molecule has 1 heterocycles. The summed E-state index contributed by atoms with van der Waals surface area (Å²) in [7, 11) is 0. The molecule has 6 heteroatoms. The second kappa shape index (κ2) is 4.58. The number of nitro groups is 1. The van der Waals surface area contributed by atoms with Crippen molar-refractivity contribution in [3.05, 3.63) is 58.8 Å². The highest BCUT2D eigenvalue weighted by Crippen LogP contribution is 2.26. The van der Waals surface area contributed by atoms with Gasteiger partial charge in [0.15, 0.2) is 0 Å². The van der Waals surface area contributed by atoms with E-state index in [0.717, 1.165) is 0 Å². The van der Waals surface area contributed by atoms with Crippen LogP contribution in [0, 0.1) is 10.1 Å². The van der Waals surface area contributed by atoms with Crippen molar-refractivity contribution in [1.82, 2.24) is 9.97 Å². The highest BCUT2D eigenvalue weighted by molar-refractivity contribution is 5.82. The molecule has 0 spiro atoms. The molecule has 0 aliphatic rings. The number of nitro benzene ring substituents is 1. The van der Waals surface area contributed by atoms with E-state index in [9.17, 15) is 15.2 Å². The van der Waals surface area contributed by atoms with E-state index in [4.69, 9.17) is 0 Å². The number of phenolic OH excluding ortho intramolecular Hbond substituents is 1. The summed E-state index contributed by atoms with van der Waals surface area (Å²) in [5, 5.41) is 20.4. The molecule has 0 unspecified atom stereocenters. The zero-order valence-corrected chi connectivity index (χ0v) is 10.2. The molecule has 3 aromatic rings. The number of hydrogen-bond donors (Lipinski definition) is 1. The normalized spacial score (nSPS) is 10.6. The summed E-state index contributed by atoms with van der Waals surface area (Å²) < 4.78 is 0. The van der Waals surface area contributed by atoms with Crippen LogP contribution in [0.1, 0.15) is 0 Å². The predicted molar refractivity (Wildman–Crippen MR) is 73.3 cm³/mol. The molecule has 2 aromatic carbocycles. The minimum absolute atomic E-state index is 0.000283. The van der Waals surface area contributed by atoms with Crippen molar-refractivity contribution < 1.29 is 10.0 Å². The van der Waals surface area contributed by atoms with E-state index < -0.39 is 4.92 Å². The van der Waals surface area contributed by atoms with E-state index in [0.29, 0.717) is 22.3 Å². The number of non-ortho nitro benzene ring substituents is 1. The molecule has 0 atom stereocenters. The van der Waals surface area contributed by atoms with Gasteiger partial charge < -0.3 is 5.11 Å². The van der Waals surface area contributed by atoms with E-state index in [2.05, 4.69) is 9.97 Å². The maximum Gasteiger partial charge on any atom is 0.270 e. The average molecular weight is 267 g/mol. The summed E-state index contributed by atoms with van der Waals surface area (Å²) in [5.74, 6) is 0.0561. The predicted octanol–water partition coefficient (Wildman–Crippen LogP) is 2.91. The molecule has 0 aliphatic heterocycles. The number of hydrogen-bond acceptors (Lipinski definition) is 5. The van der Waals surface area contributed by atoms with Gasteiger partial charge >= 0.3 is 0 Å². The quantitative estimate of drug-likeness (QED) is 0.569. The molecule has 0 amide bonds. The summed E-state index contributed by atoms with van der Waals surface area (Å²) in [6.07, 6.45) is 1.49. The Morgan fingerprint density at radius 1 is 1.15 bits per heavy atom. The van der Waals surface area contributed by atoms with Crippen LogP contribution in [0.3, 0.4) is 0 Å². The maximum atomic E-state index is 10.8. The van der Waals surface area contributed by atoms with Gasteiger partial charge in [-0.15, -0.1) is 0 Å². The lowest BCUT2D eigenvalue weighted by molar-refractivity contribution is -0.384. The van der Waals surface area contributed by atoms with Crippen molar-refractivity contribution in [2.45, 2.75) is 0 Å². The molecule has 0 fully saturated rings. The van der Waals surface area contributed by atoms with E-state index in [-0.39, 0.29) is 11.4 Å². The van der Waals surface area contributed by atoms with Crippen molar-refractivity contribution in [3.63, 3.8) is 0 Å². The molecule has 98 valence electrons. The lowest BCUT2D eigenvalue weighted by atomic mass is 10.1. The Morgan fingerprint density at radius 2 is 1.95 bits per heavy atom. The molecule has 1 aromatic heterocycles. The number of aromatic hydroxyl groups is 1. The van der Waals surface area contributed by atoms with E-state index in [1.54, 1.807) is 24.3 Å². The smallest absolute Gasteiger partial charge is 0.270 e. The number of nitrogens with zero attached hydrogens (tertiary/aromatic N) is 3. The third-order valence-electron chi connectivity index (χ3n) is 2.90. The molecule has 20 heavy (non-hydrogen) atoms. The number of phenols is 1. The van der Waals surface area contributed by atoms with Crippen LogP contribution < -0.4 is 0 Å². The fraction of sp³-hybridized carbons (Fsp3) is 0. The lowest BCUT2D eigenvalue weighted by Gasteiger charge is -2.03. The molecule has 0 saturated carbocycles. The van der Waals surface area contributed by atoms with Gasteiger partial charge in [0, 0.05) is 17.7 Å². The van der Waals surface area contributed by atoms with Gasteiger partial charge in [0.25, 0.3) is 5.69 Å². The van der Waals surface area contributed by atoms with Crippen LogP contribution in [0.4, 0.5) is 5.69 Å². The van der Waals surface area contributed by atoms with Crippen molar-refractivity contribution in [2.75, 3.05) is 0 Å². The van der Waals surface area contributed by atoms with E-state index in [1.807, 2.05) is 0 Å². The van der Waals surface area contributed by atoms with E-state index in [1.165, 1.54) is 24.4 Å². The highest BCUT2D eigenvalue weighted by Gasteiger charge is 2.09. The Balaban J connectivity index is 2.15. The topological polar surface area (TPSA) is 89.2 Å². The summed E-state index contributed by atoms with van der Waals surface area (Å²) in [5.41, 5.74) is 2.07. The van der Waals surface area contributed by atoms with Gasteiger partial charge in [-0.1, -0.05) is 18.2 Å². The average Bonchev–Trinajstić information content (AvgIpc) is 2.47. The molecule has 0 bridgehead atoms. The Labute approximate surface area is 113 Å². The second-order valence-electron chi connectivity index (χ2n) is 4.21. The molecule has 0 saturated heterocycles. The van der Waals surface area contributed by atoms with E-state index >= 15 is 0 Å². The third-order valence-corrected chi connectivity index (χ3v) is 2.90. The van der Waals surface area contributed by atoms with Crippen LogP contribution >= 0.6 is 0 Å². The van der Waals surface area contributed by atoms with Crippen LogP contribution in [0.15, 0.2) is 48.7 Å². The summed E-state index contributed by atoms with van der Waals surface area (Å²) in [4.78, 5) is 18.8. The van der Waals surface area contributed by atoms with Gasteiger partial charge in [-0.2, -0.15) is 0 Å². The Morgan fingerprint density at radius 3 is 2.75 bits per heavy atom. The van der Waals surface area contributed by atoms with Crippen LogP contribution in [-0.2, 0) is 0 Å². The number of para-hydroxylation sites is 1. The monoisotopic (exact) mass is 267 g/mol. The largest absolute Gasteiger partial charge is 0.506 e. The van der Waals surface area contributed by atoms with Gasteiger partial charge in [0.2, 0.25) is 0 Å². The molecule has 3 rings (SSSR count). The molecular weight excluding hydrogens is 258 g/mol. The minimum Gasteiger partial charge on any atom is -0.506 e. The highest BCUT2D eigenvalue weighted by atomic mass is 16.6. The Kier molecular flexibility index (Phi) is 2.76. The molecule has 1 N–H and O–H groups in total. The van der Waals surface area contributed by atoms with Crippen molar-refractivity contribution in [2.24, 2.45) is 0 Å². The fourth-order valence-electron chi connectivity index (χ4n) is 1.94. The van der Waals surface area contributed by atoms with Gasteiger partial charge in [0.1, 0.15) is 11.3 Å². The standard InChI is InChI=1S/C14H9N3O3/c18-13-6-2-5-11-14(13)15-8-12(16-11)9-3-1-4-10(7-9)17(19)20/h1-8,18H. The van der Waals surface area contributed by atoms with Crippen LogP contribution in [0.2, 0.25) is 0 Å². The maximum absolute atomic E-state index is 10.8. The van der Waals surface area contributed by atoms with Crippen LogP contribution in [-0.4, -0.2) is 20.0 Å². The summed E-state index contributed by atoms with van der Waals surface area (Å²) in [6, 6.07) is 11.1. The van der Waals surface area contributed by atoms with Crippen LogP contribution in [0.5, 0.6) is 5.75 Å². The van der Waals surface area contributed by atoms with Crippen molar-refractivity contribution >= 4 is 16.7 Å². The molecule has 0 radical (unpaired) electrons. The first-order valence-electron chi connectivity index (χ1n) is 5.85. The third kappa shape index (κ3) is 2.03. The number of aromatic nitrogens is 2. The zero-order valence-electron chi connectivity index (χ0n) is 10.2. The first kappa shape index (κ1) is 12.0. The Bertz CT molecular complexity index is 818. The van der Waals surface area contributed by atoms with Crippen LogP contribution in [0.25, 0.3) is 22.3 Å². The zero-order chi connectivity index (χ0) is 14.1. The summed E-state index contributed by atoms with van der Waals surface area (Å²) in [6.45, 7) is 0. The first-order valence-corrected chi connectivity index (χ1v) is 5.85. The van der Waals surface area contributed by atoms with Gasteiger partial charge in [-0.25, -0.2) is 9.97 Å². The Hall–Kier alpha value is -3.02. The number of benzene rings is 2. The number of rotatable bonds is 2. The molecule has 6 nitrogen and oxygen atoms in total. The second-order valence-corrected chi connectivity index (χ2v) is 4.21. The van der Waals surface area contributed by atoms with Gasteiger partial charge in [-0.05, 0) is 12.1 Å². The molecular formula is C14H9N3O3. The fourth-order valence-corrected chi connectivity index (χ4v) is 1.94. The lowest BCUT2D eigenvalue weighted by Crippen LogP contribution is -1.91. The van der Waals surface area contributed by atoms with Crippen molar-refractivity contribution in [3.8, 4) is 17.0 Å². The minimum atomic E-state index is -0.455. The van der Waals surface area contributed by atoms with Crippen molar-refractivity contribution in [1.29, 1.82) is 0 Å². The van der Waals surface area contributed by atoms with Gasteiger partial charge in [-0.3, -0.25) is 10.1 Å². The summed E-state index contributed by atoms with van der Waals surface area (Å²) >= 11 is 0.